The Labute approximate surface area is 244 Å². The third kappa shape index (κ3) is 7.31. The van der Waals surface area contributed by atoms with E-state index in [0.717, 1.165) is 28.9 Å². The predicted molar refractivity (Wildman–Crippen MR) is 155 cm³/mol. The van der Waals surface area contributed by atoms with Gasteiger partial charge in [-0.05, 0) is 59.6 Å². The molecule has 0 saturated carbocycles. The van der Waals surface area contributed by atoms with Crippen LogP contribution in [0.2, 0.25) is 0 Å². The van der Waals surface area contributed by atoms with Gasteiger partial charge in [-0.1, -0.05) is 56.3 Å². The van der Waals surface area contributed by atoms with Crippen LogP contribution < -0.4 is 26.2 Å². The molecule has 14 heteroatoms. The van der Waals surface area contributed by atoms with E-state index < -0.39 is 18.0 Å². The second-order valence-corrected chi connectivity index (χ2v) is 9.81. The third-order valence-corrected chi connectivity index (χ3v) is 6.23. The molecule has 0 aliphatic heterocycles. The van der Waals surface area contributed by atoms with Gasteiger partial charge in [-0.2, -0.15) is 31.6 Å². The molecule has 0 atom stereocenters. The molecule has 4 aromatic rings. The van der Waals surface area contributed by atoms with E-state index in [1.807, 2.05) is 42.5 Å². The Morgan fingerprint density at radius 3 is 2.24 bits per heavy atom. The van der Waals surface area contributed by atoms with Crippen LogP contribution in [0.15, 0.2) is 72.8 Å². The lowest BCUT2D eigenvalue weighted by molar-refractivity contribution is -0.360. The van der Waals surface area contributed by atoms with Gasteiger partial charge in [0.05, 0.1) is 5.69 Å². The molecule has 1 heterocycles. The fourth-order valence-electron chi connectivity index (χ4n) is 3.90. The lowest BCUT2D eigenvalue weighted by Crippen LogP contribution is -2.41. The summed E-state index contributed by atoms with van der Waals surface area (Å²) in [5.41, 5.74) is 10.2. The zero-order valence-corrected chi connectivity index (χ0v) is 23.6. The number of hydrazine groups is 1. The van der Waals surface area contributed by atoms with E-state index in [0.29, 0.717) is 40.6 Å². The highest BCUT2D eigenvalue weighted by Crippen LogP contribution is 2.37. The molecule has 0 fully saturated rings. The molecular weight excluding hydrogens is 577 g/mol. The number of aromatic nitrogens is 3. The van der Waals surface area contributed by atoms with Gasteiger partial charge < -0.3 is 15.4 Å². The smallest absolute Gasteiger partial charge is 0.426 e. The summed E-state index contributed by atoms with van der Waals surface area (Å²) >= 11 is 5.40. The molecule has 0 aliphatic carbocycles. The topological polar surface area (TPSA) is 88.1 Å². The summed E-state index contributed by atoms with van der Waals surface area (Å²) in [4.78, 5) is 4.45. The average Bonchev–Trinajstić information content (AvgIpc) is 3.38. The number of para-hydroxylation sites is 1. The van der Waals surface area contributed by atoms with Crippen molar-refractivity contribution in [3.05, 3.63) is 83.9 Å². The molecule has 3 aromatic carbocycles. The highest BCUT2D eigenvalue weighted by molar-refractivity contribution is 7.80. The number of anilines is 2. The number of benzene rings is 3. The molecule has 0 spiro atoms. The maximum Gasteiger partial charge on any atom is 0.499 e. The minimum absolute atomic E-state index is 0.328. The fraction of sp³-hybridized carbons (Fsp3) is 0.250. The van der Waals surface area contributed by atoms with Gasteiger partial charge in [0.25, 0.3) is 0 Å². The zero-order valence-electron chi connectivity index (χ0n) is 22.8. The van der Waals surface area contributed by atoms with E-state index in [1.165, 1.54) is 16.8 Å². The van der Waals surface area contributed by atoms with Crippen molar-refractivity contribution >= 4 is 29.0 Å². The molecule has 222 valence electrons. The number of hydrogen-bond acceptors (Lipinski definition) is 6. The maximum absolute atomic E-state index is 13.2. The number of ether oxygens (including phenoxy) is 1. The molecule has 4 rings (SSSR count). The van der Waals surface area contributed by atoms with Crippen molar-refractivity contribution in [1.82, 2.24) is 25.6 Å². The SMILES string of the molecule is CNc1nc(-c2ccc(CNNC(=S)Nc3ccccc3C(C)C)cc2)nn1-c1ccc(OC(F)(F)C(F)(F)F)cc1. The number of nitrogens with zero attached hydrogens (tertiary/aromatic N) is 3. The van der Waals surface area contributed by atoms with Gasteiger partial charge >= 0.3 is 12.3 Å². The minimum Gasteiger partial charge on any atom is -0.426 e. The largest absolute Gasteiger partial charge is 0.499 e. The molecule has 0 unspecified atom stereocenters. The number of alkyl halides is 5. The first-order valence-electron chi connectivity index (χ1n) is 12.7. The molecule has 42 heavy (non-hydrogen) atoms. The molecule has 0 bridgehead atoms. The molecular formula is C28H28F5N7OS. The summed E-state index contributed by atoms with van der Waals surface area (Å²) in [6.45, 7) is 4.70. The van der Waals surface area contributed by atoms with Crippen molar-refractivity contribution in [2.75, 3.05) is 17.7 Å². The molecule has 0 amide bonds. The van der Waals surface area contributed by atoms with E-state index in [1.54, 1.807) is 7.05 Å². The van der Waals surface area contributed by atoms with Gasteiger partial charge in [0.2, 0.25) is 5.95 Å². The zero-order chi connectivity index (χ0) is 30.5. The second kappa shape index (κ2) is 12.7. The lowest BCUT2D eigenvalue weighted by Gasteiger charge is -2.20. The second-order valence-electron chi connectivity index (χ2n) is 9.40. The van der Waals surface area contributed by atoms with Crippen LogP contribution in [0, 0.1) is 0 Å². The van der Waals surface area contributed by atoms with Gasteiger partial charge in [-0.25, -0.2) is 5.43 Å². The molecule has 4 N–H and O–H groups in total. The van der Waals surface area contributed by atoms with Gasteiger partial charge in [0, 0.05) is 24.8 Å². The molecule has 1 aromatic heterocycles. The number of thiocarbonyl (C=S) groups is 1. The predicted octanol–water partition coefficient (Wildman–Crippen LogP) is 6.62. The van der Waals surface area contributed by atoms with Crippen molar-refractivity contribution in [1.29, 1.82) is 0 Å². The molecule has 8 nitrogen and oxygen atoms in total. The summed E-state index contributed by atoms with van der Waals surface area (Å²) in [6.07, 6.45) is -11.1. The van der Waals surface area contributed by atoms with Crippen LogP contribution >= 0.6 is 12.2 Å². The normalized spacial score (nSPS) is 11.8. The minimum atomic E-state index is -5.84. The summed E-state index contributed by atoms with van der Waals surface area (Å²) in [7, 11) is 1.62. The van der Waals surface area contributed by atoms with Crippen LogP contribution in [-0.4, -0.2) is 39.2 Å². The van der Waals surface area contributed by atoms with Crippen molar-refractivity contribution in [3.63, 3.8) is 0 Å². The highest BCUT2D eigenvalue weighted by Gasteiger charge is 2.61. The van der Waals surface area contributed by atoms with Crippen LogP contribution in [0.3, 0.4) is 0 Å². The van der Waals surface area contributed by atoms with Gasteiger partial charge in [-0.3, -0.25) is 5.43 Å². The number of halogens is 5. The van der Waals surface area contributed by atoms with Crippen molar-refractivity contribution in [3.8, 4) is 22.8 Å². The summed E-state index contributed by atoms with van der Waals surface area (Å²) in [6, 6.07) is 20.0. The van der Waals surface area contributed by atoms with E-state index in [2.05, 4.69) is 56.2 Å². The van der Waals surface area contributed by atoms with Crippen molar-refractivity contribution in [2.45, 2.75) is 38.6 Å². The Morgan fingerprint density at radius 1 is 0.952 bits per heavy atom. The first-order valence-corrected chi connectivity index (χ1v) is 13.2. The third-order valence-electron chi connectivity index (χ3n) is 6.03. The maximum atomic E-state index is 13.2. The summed E-state index contributed by atoms with van der Waals surface area (Å²) < 4.78 is 68.9. The molecule has 0 saturated heterocycles. The molecule has 0 radical (unpaired) electrons. The average molecular weight is 606 g/mol. The van der Waals surface area contributed by atoms with Gasteiger partial charge in [-0.15, -0.1) is 5.10 Å². The van der Waals surface area contributed by atoms with Crippen LogP contribution in [0.25, 0.3) is 17.1 Å². The first-order chi connectivity index (χ1) is 19.9. The Kier molecular flexibility index (Phi) is 9.27. The lowest BCUT2D eigenvalue weighted by atomic mass is 10.0. The van der Waals surface area contributed by atoms with E-state index in [-0.39, 0.29) is 0 Å². The Bertz CT molecular complexity index is 1510. The fourth-order valence-corrected chi connectivity index (χ4v) is 4.09. The summed E-state index contributed by atoms with van der Waals surface area (Å²) in [5, 5.41) is 11.0. The van der Waals surface area contributed by atoms with Crippen LogP contribution in [0.4, 0.5) is 33.6 Å². The van der Waals surface area contributed by atoms with Gasteiger partial charge in [0.1, 0.15) is 5.75 Å². The number of rotatable bonds is 10. The van der Waals surface area contributed by atoms with Crippen LogP contribution in [0.5, 0.6) is 5.75 Å². The Hall–Kier alpha value is -4.30. The monoisotopic (exact) mass is 605 g/mol. The first kappa shape index (κ1) is 30.7. The Balaban J connectivity index is 1.37. The van der Waals surface area contributed by atoms with Crippen molar-refractivity contribution in [2.24, 2.45) is 0 Å². The Morgan fingerprint density at radius 2 is 1.62 bits per heavy atom. The number of hydrogen-bond donors (Lipinski definition) is 4. The standard InChI is InChI=1S/C28H28F5N7OS/c1-17(2)22-6-4-5-7-23(22)36-26(42)38-35-16-18-8-10-19(11-9-18)24-37-25(34-3)40(39-24)20-12-14-21(15-13-20)41-28(32,33)27(29,30)31/h4-15,17,35H,16H2,1-3H3,(H,34,37,39)(H2,36,38,42). The van der Waals surface area contributed by atoms with Crippen LogP contribution in [0.1, 0.15) is 30.9 Å². The van der Waals surface area contributed by atoms with Crippen molar-refractivity contribution < 1.29 is 26.7 Å². The van der Waals surface area contributed by atoms with E-state index >= 15 is 0 Å². The quantitative estimate of drug-likeness (QED) is 0.0911. The van der Waals surface area contributed by atoms with Gasteiger partial charge in [0.15, 0.2) is 10.9 Å². The summed E-state index contributed by atoms with van der Waals surface area (Å²) in [5.74, 6) is 0.392. The van der Waals surface area contributed by atoms with Crippen LogP contribution in [-0.2, 0) is 6.54 Å². The van der Waals surface area contributed by atoms with E-state index in [9.17, 15) is 22.0 Å². The molecule has 0 aliphatic rings. The highest BCUT2D eigenvalue weighted by atomic mass is 32.1. The van der Waals surface area contributed by atoms with E-state index in [4.69, 9.17) is 12.2 Å². The number of nitrogens with one attached hydrogen (secondary N) is 4.